The Kier molecular flexibility index (Phi) is 4.56. The number of nitrogens with zero attached hydrogens (tertiary/aromatic N) is 2. The molecule has 0 aliphatic heterocycles. The Labute approximate surface area is 185 Å². The monoisotopic (exact) mass is 431 g/mol. The molecule has 1 heterocycles. The smallest absolute Gasteiger partial charge is 0.257 e. The molecule has 1 amide bonds. The van der Waals surface area contributed by atoms with Gasteiger partial charge in [0, 0.05) is 11.0 Å². The van der Waals surface area contributed by atoms with Gasteiger partial charge >= 0.3 is 0 Å². The number of nitrogens with one attached hydrogen (secondary N) is 1. The fourth-order valence-electron chi connectivity index (χ4n) is 6.36. The number of hydrogen-bond donors (Lipinski definition) is 1. The highest BCUT2D eigenvalue weighted by Crippen LogP contribution is 2.61. The molecule has 4 aliphatic rings. The zero-order chi connectivity index (χ0) is 20.8. The molecule has 4 saturated carbocycles. The van der Waals surface area contributed by atoms with E-state index in [4.69, 9.17) is 4.74 Å². The molecular weight excluding hydrogens is 406 g/mol. The van der Waals surface area contributed by atoms with E-state index in [0.717, 1.165) is 28.5 Å². The molecule has 1 N–H and O–H groups in total. The molecule has 7 rings (SSSR count). The van der Waals surface area contributed by atoms with E-state index < -0.39 is 0 Å². The van der Waals surface area contributed by atoms with E-state index in [9.17, 15) is 4.79 Å². The maximum Gasteiger partial charge on any atom is 0.257 e. The average molecular weight is 432 g/mol. The van der Waals surface area contributed by atoms with Crippen LogP contribution in [0.15, 0.2) is 54.6 Å². The van der Waals surface area contributed by atoms with Crippen LogP contribution in [-0.2, 0) is 5.41 Å². The topological polar surface area (TPSA) is 64.1 Å². The molecule has 0 radical (unpaired) electrons. The third kappa shape index (κ3) is 3.63. The van der Waals surface area contributed by atoms with Crippen LogP contribution < -0.4 is 10.1 Å². The molecule has 6 heteroatoms. The van der Waals surface area contributed by atoms with Crippen molar-refractivity contribution in [1.29, 1.82) is 0 Å². The second-order valence-corrected chi connectivity index (χ2v) is 10.5. The van der Waals surface area contributed by atoms with Crippen LogP contribution in [-0.4, -0.2) is 16.1 Å². The fourth-order valence-corrected chi connectivity index (χ4v) is 7.31. The van der Waals surface area contributed by atoms with Crippen LogP contribution in [0.1, 0.15) is 53.9 Å². The Morgan fingerprint density at radius 2 is 1.58 bits per heavy atom. The number of benzene rings is 2. The lowest BCUT2D eigenvalue weighted by Crippen LogP contribution is -2.48. The Morgan fingerprint density at radius 3 is 2.29 bits per heavy atom. The van der Waals surface area contributed by atoms with Gasteiger partial charge in [0.05, 0.1) is 0 Å². The van der Waals surface area contributed by atoms with Crippen LogP contribution in [0, 0.1) is 17.8 Å². The highest BCUT2D eigenvalue weighted by molar-refractivity contribution is 7.15. The zero-order valence-corrected chi connectivity index (χ0v) is 18.1. The Balaban J connectivity index is 1.17. The van der Waals surface area contributed by atoms with Crippen molar-refractivity contribution in [3.8, 4) is 11.5 Å². The van der Waals surface area contributed by atoms with E-state index in [0.29, 0.717) is 16.4 Å². The summed E-state index contributed by atoms with van der Waals surface area (Å²) in [4.78, 5) is 12.8. The number of rotatable bonds is 5. The van der Waals surface area contributed by atoms with E-state index in [1.807, 2.05) is 42.5 Å². The molecule has 4 bridgehead atoms. The van der Waals surface area contributed by atoms with Crippen molar-refractivity contribution in [3.05, 3.63) is 65.2 Å². The van der Waals surface area contributed by atoms with Crippen LogP contribution >= 0.6 is 11.3 Å². The standard InChI is InChI=1S/C25H25N3O2S/c29-22(19-5-4-8-21(12-19)30-20-6-2-1-3-7-20)26-24-28-27-23(31-24)25-13-16-9-17(14-25)11-18(10-16)15-25/h1-8,12,16-18H,9-11,13-15H2,(H,26,28,29). The van der Waals surface area contributed by atoms with Crippen LogP contribution in [0.2, 0.25) is 0 Å². The van der Waals surface area contributed by atoms with Crippen molar-refractivity contribution in [2.45, 2.75) is 43.9 Å². The maximum atomic E-state index is 12.8. The normalized spacial score (nSPS) is 28.5. The molecule has 2 aromatic carbocycles. The Morgan fingerprint density at radius 1 is 0.903 bits per heavy atom. The minimum Gasteiger partial charge on any atom is -0.457 e. The van der Waals surface area contributed by atoms with Crippen LogP contribution in [0.3, 0.4) is 0 Å². The van der Waals surface area contributed by atoms with E-state index >= 15 is 0 Å². The number of aromatic nitrogens is 2. The summed E-state index contributed by atoms with van der Waals surface area (Å²) in [5.74, 6) is 3.77. The summed E-state index contributed by atoms with van der Waals surface area (Å²) in [7, 11) is 0. The fraction of sp³-hybridized carbons (Fsp3) is 0.400. The van der Waals surface area contributed by atoms with Crippen molar-refractivity contribution < 1.29 is 9.53 Å². The number of para-hydroxylation sites is 1. The highest BCUT2D eigenvalue weighted by atomic mass is 32.1. The van der Waals surface area contributed by atoms with Gasteiger partial charge in [0.2, 0.25) is 5.13 Å². The minimum absolute atomic E-state index is 0.188. The summed E-state index contributed by atoms with van der Waals surface area (Å²) in [5.41, 5.74) is 0.749. The largest absolute Gasteiger partial charge is 0.457 e. The molecule has 0 unspecified atom stereocenters. The molecule has 0 atom stereocenters. The number of carbonyl (C=O) groups is 1. The number of amides is 1. The van der Waals surface area contributed by atoms with Crippen molar-refractivity contribution in [2.24, 2.45) is 17.8 Å². The molecule has 4 fully saturated rings. The van der Waals surface area contributed by atoms with Gasteiger partial charge < -0.3 is 4.74 Å². The van der Waals surface area contributed by atoms with Gasteiger partial charge in [0.1, 0.15) is 16.5 Å². The first-order chi connectivity index (χ1) is 15.1. The molecular formula is C25H25N3O2S. The van der Waals surface area contributed by atoms with Gasteiger partial charge in [-0.25, -0.2) is 0 Å². The molecule has 158 valence electrons. The predicted octanol–water partition coefficient (Wildman–Crippen LogP) is 6.05. The zero-order valence-electron chi connectivity index (χ0n) is 17.3. The third-order valence-electron chi connectivity index (χ3n) is 7.21. The van der Waals surface area contributed by atoms with E-state index in [1.165, 1.54) is 38.5 Å². The van der Waals surface area contributed by atoms with Gasteiger partial charge in [0.25, 0.3) is 5.91 Å². The maximum absolute atomic E-state index is 12.8. The lowest BCUT2D eigenvalue weighted by molar-refractivity contribution is -0.00555. The van der Waals surface area contributed by atoms with Gasteiger partial charge in [-0.05, 0) is 86.6 Å². The molecule has 0 spiro atoms. The summed E-state index contributed by atoms with van der Waals surface area (Å²) >= 11 is 1.57. The summed E-state index contributed by atoms with van der Waals surface area (Å²) in [6, 6.07) is 16.8. The molecule has 31 heavy (non-hydrogen) atoms. The summed E-state index contributed by atoms with van der Waals surface area (Å²) < 4.78 is 5.86. The third-order valence-corrected chi connectivity index (χ3v) is 8.30. The predicted molar refractivity (Wildman–Crippen MR) is 121 cm³/mol. The number of hydrogen-bond acceptors (Lipinski definition) is 5. The van der Waals surface area contributed by atoms with E-state index in [1.54, 1.807) is 23.5 Å². The van der Waals surface area contributed by atoms with Crippen molar-refractivity contribution in [1.82, 2.24) is 10.2 Å². The first-order valence-corrected chi connectivity index (χ1v) is 12.0. The van der Waals surface area contributed by atoms with Gasteiger partial charge in [-0.3, -0.25) is 10.1 Å². The average Bonchev–Trinajstić information content (AvgIpc) is 3.23. The van der Waals surface area contributed by atoms with E-state index in [2.05, 4.69) is 15.5 Å². The van der Waals surface area contributed by atoms with Crippen molar-refractivity contribution in [2.75, 3.05) is 5.32 Å². The lowest BCUT2D eigenvalue weighted by Gasteiger charge is -2.55. The first kappa shape index (κ1) is 19.0. The van der Waals surface area contributed by atoms with Crippen molar-refractivity contribution >= 4 is 22.4 Å². The molecule has 3 aromatic rings. The lowest BCUT2D eigenvalue weighted by atomic mass is 9.50. The molecule has 1 aromatic heterocycles. The first-order valence-electron chi connectivity index (χ1n) is 11.1. The summed E-state index contributed by atoms with van der Waals surface area (Å²) in [5, 5.41) is 13.6. The molecule has 5 nitrogen and oxygen atoms in total. The van der Waals surface area contributed by atoms with E-state index in [-0.39, 0.29) is 11.3 Å². The van der Waals surface area contributed by atoms with Crippen LogP contribution in [0.4, 0.5) is 5.13 Å². The van der Waals surface area contributed by atoms with Gasteiger partial charge in [0.15, 0.2) is 0 Å². The van der Waals surface area contributed by atoms with Crippen LogP contribution in [0.5, 0.6) is 11.5 Å². The van der Waals surface area contributed by atoms with Crippen molar-refractivity contribution in [3.63, 3.8) is 0 Å². The number of ether oxygens (including phenoxy) is 1. The summed E-state index contributed by atoms with van der Waals surface area (Å²) in [6.07, 6.45) is 7.97. The second kappa shape index (κ2) is 7.45. The minimum atomic E-state index is -0.188. The quantitative estimate of drug-likeness (QED) is 0.534. The highest BCUT2D eigenvalue weighted by Gasteiger charge is 2.53. The van der Waals surface area contributed by atoms with Crippen LogP contribution in [0.25, 0.3) is 0 Å². The van der Waals surface area contributed by atoms with Gasteiger partial charge in [-0.2, -0.15) is 0 Å². The Hall–Kier alpha value is -2.73. The van der Waals surface area contributed by atoms with Gasteiger partial charge in [-0.15, -0.1) is 10.2 Å². The molecule has 4 aliphatic carbocycles. The number of anilines is 1. The van der Waals surface area contributed by atoms with Gasteiger partial charge in [-0.1, -0.05) is 35.6 Å². The second-order valence-electron chi connectivity index (χ2n) is 9.51. The molecule has 0 saturated heterocycles. The Bertz CT molecular complexity index is 1080. The SMILES string of the molecule is O=C(Nc1nnc(C23CC4CC(CC(C4)C2)C3)s1)c1cccc(Oc2ccccc2)c1. The number of carbonyl (C=O) groups excluding carboxylic acids is 1. The summed E-state index contributed by atoms with van der Waals surface area (Å²) in [6.45, 7) is 0.